The van der Waals surface area contributed by atoms with Crippen LogP contribution in [0.3, 0.4) is 0 Å². The van der Waals surface area contributed by atoms with Crippen molar-refractivity contribution in [1.82, 2.24) is 4.98 Å². The molecule has 0 spiro atoms. The first-order valence-electron chi connectivity index (χ1n) is 6.98. The van der Waals surface area contributed by atoms with Gasteiger partial charge < -0.3 is 5.32 Å². The number of nitrogens with one attached hydrogen (secondary N) is 1. The number of rotatable bonds is 6. The Morgan fingerprint density at radius 3 is 2.50 bits per heavy atom. The molecule has 1 amide bonds. The lowest BCUT2D eigenvalue weighted by molar-refractivity contribution is -0.114. The van der Waals surface area contributed by atoms with E-state index in [1.54, 1.807) is 31.2 Å². The van der Waals surface area contributed by atoms with E-state index in [-0.39, 0.29) is 23.2 Å². The SMILES string of the molecule is CC(=O)c1csc(NC(=O)CN(c2ccccc2C)S(C)(=O)=O)n1. The number of aromatic nitrogens is 1. The third-order valence-electron chi connectivity index (χ3n) is 3.18. The van der Waals surface area contributed by atoms with Crippen LogP contribution in [0.2, 0.25) is 0 Å². The van der Waals surface area contributed by atoms with Gasteiger partial charge in [0.25, 0.3) is 0 Å². The first-order valence-corrected chi connectivity index (χ1v) is 9.71. The number of benzene rings is 1. The monoisotopic (exact) mass is 367 g/mol. The fourth-order valence-electron chi connectivity index (χ4n) is 2.01. The predicted octanol–water partition coefficient (Wildman–Crippen LogP) is 2.06. The predicted molar refractivity (Wildman–Crippen MR) is 94.1 cm³/mol. The molecule has 1 N–H and O–H groups in total. The second-order valence-corrected chi connectivity index (χ2v) is 7.96. The van der Waals surface area contributed by atoms with E-state index < -0.39 is 15.9 Å². The molecule has 24 heavy (non-hydrogen) atoms. The number of hydrogen-bond donors (Lipinski definition) is 1. The second kappa shape index (κ2) is 7.10. The molecule has 0 aliphatic heterocycles. The fourth-order valence-corrected chi connectivity index (χ4v) is 3.69. The Kier molecular flexibility index (Phi) is 5.35. The quantitative estimate of drug-likeness (QED) is 0.788. The Bertz CT molecular complexity index is 874. The third kappa shape index (κ3) is 4.39. The van der Waals surface area contributed by atoms with E-state index in [9.17, 15) is 18.0 Å². The van der Waals surface area contributed by atoms with E-state index in [1.165, 1.54) is 12.3 Å². The number of ketones is 1. The average molecular weight is 367 g/mol. The van der Waals surface area contributed by atoms with Crippen LogP contribution >= 0.6 is 11.3 Å². The number of hydrogen-bond acceptors (Lipinski definition) is 6. The minimum atomic E-state index is -3.63. The summed E-state index contributed by atoms with van der Waals surface area (Å²) in [6.07, 6.45) is 1.05. The molecule has 2 rings (SSSR count). The van der Waals surface area contributed by atoms with Gasteiger partial charge in [-0.05, 0) is 18.6 Å². The van der Waals surface area contributed by atoms with Crippen molar-refractivity contribution in [2.24, 2.45) is 0 Å². The van der Waals surface area contributed by atoms with Crippen molar-refractivity contribution < 1.29 is 18.0 Å². The number of nitrogens with zero attached hydrogens (tertiary/aromatic N) is 2. The van der Waals surface area contributed by atoms with Crippen LogP contribution in [0, 0.1) is 6.92 Å². The van der Waals surface area contributed by atoms with Crippen LogP contribution in [0.4, 0.5) is 10.8 Å². The maximum absolute atomic E-state index is 12.2. The van der Waals surface area contributed by atoms with Gasteiger partial charge in [-0.25, -0.2) is 13.4 Å². The summed E-state index contributed by atoms with van der Waals surface area (Å²) in [4.78, 5) is 27.4. The highest BCUT2D eigenvalue weighted by atomic mass is 32.2. The topological polar surface area (TPSA) is 96.4 Å². The molecule has 0 bridgehead atoms. The largest absolute Gasteiger partial charge is 0.300 e. The Labute approximate surface area is 144 Å². The van der Waals surface area contributed by atoms with E-state index in [0.29, 0.717) is 5.69 Å². The summed E-state index contributed by atoms with van der Waals surface area (Å²) in [6.45, 7) is 2.77. The molecule has 128 valence electrons. The summed E-state index contributed by atoms with van der Waals surface area (Å²) < 4.78 is 25.1. The summed E-state index contributed by atoms with van der Waals surface area (Å²) >= 11 is 1.11. The molecular formula is C15H17N3O4S2. The maximum Gasteiger partial charge on any atom is 0.246 e. The molecule has 0 atom stereocenters. The summed E-state index contributed by atoms with van der Waals surface area (Å²) in [5, 5.41) is 4.31. The summed E-state index contributed by atoms with van der Waals surface area (Å²) in [5.41, 5.74) is 1.44. The molecule has 1 aromatic heterocycles. The summed E-state index contributed by atoms with van der Waals surface area (Å²) in [5.74, 6) is -0.738. The van der Waals surface area contributed by atoms with E-state index in [2.05, 4.69) is 10.3 Å². The molecule has 0 saturated heterocycles. The highest BCUT2D eigenvalue weighted by Gasteiger charge is 2.22. The first kappa shape index (κ1) is 18.1. The number of carbonyl (C=O) groups is 2. The molecule has 0 aliphatic carbocycles. The van der Waals surface area contributed by atoms with E-state index >= 15 is 0 Å². The number of thiazole rings is 1. The van der Waals surface area contributed by atoms with Crippen molar-refractivity contribution in [3.63, 3.8) is 0 Å². The van der Waals surface area contributed by atoms with Gasteiger partial charge in [0.05, 0.1) is 11.9 Å². The molecule has 1 heterocycles. The number of para-hydroxylation sites is 1. The maximum atomic E-state index is 12.2. The van der Waals surface area contributed by atoms with Gasteiger partial charge in [-0.2, -0.15) is 0 Å². The number of anilines is 2. The van der Waals surface area contributed by atoms with E-state index in [4.69, 9.17) is 0 Å². The Morgan fingerprint density at radius 2 is 1.96 bits per heavy atom. The highest BCUT2D eigenvalue weighted by Crippen LogP contribution is 2.22. The Morgan fingerprint density at radius 1 is 1.29 bits per heavy atom. The lowest BCUT2D eigenvalue weighted by Gasteiger charge is -2.23. The molecule has 1 aromatic carbocycles. The minimum Gasteiger partial charge on any atom is -0.300 e. The van der Waals surface area contributed by atoms with Crippen LogP contribution in [0.1, 0.15) is 23.0 Å². The van der Waals surface area contributed by atoms with Gasteiger partial charge in [0.15, 0.2) is 10.9 Å². The smallest absolute Gasteiger partial charge is 0.246 e. The lowest BCUT2D eigenvalue weighted by atomic mass is 10.2. The van der Waals surface area contributed by atoms with E-state index in [0.717, 1.165) is 27.5 Å². The van der Waals surface area contributed by atoms with E-state index in [1.807, 2.05) is 0 Å². The molecular weight excluding hydrogens is 350 g/mol. The number of amides is 1. The standard InChI is InChI=1S/C15H17N3O4S2/c1-10-6-4-5-7-13(10)18(24(3,21)22)8-14(20)17-15-16-12(9-23-15)11(2)19/h4-7,9H,8H2,1-3H3,(H,16,17,20). The Hall–Kier alpha value is -2.26. The molecule has 0 saturated carbocycles. The molecule has 0 fully saturated rings. The van der Waals surface area contributed by atoms with Gasteiger partial charge in [0.2, 0.25) is 15.9 Å². The zero-order chi connectivity index (χ0) is 17.9. The van der Waals surface area contributed by atoms with Gasteiger partial charge in [-0.15, -0.1) is 11.3 Å². The molecule has 0 aliphatic rings. The molecule has 9 heteroatoms. The third-order valence-corrected chi connectivity index (χ3v) is 5.07. The Balaban J connectivity index is 2.19. The van der Waals surface area contributed by atoms with Crippen LogP contribution in [0.5, 0.6) is 0 Å². The van der Waals surface area contributed by atoms with Crippen LogP contribution in [0.25, 0.3) is 0 Å². The van der Waals surface area contributed by atoms with Gasteiger partial charge in [0, 0.05) is 12.3 Å². The van der Waals surface area contributed by atoms with Crippen molar-refractivity contribution >= 4 is 43.9 Å². The zero-order valence-corrected chi connectivity index (χ0v) is 15.1. The zero-order valence-electron chi connectivity index (χ0n) is 13.4. The van der Waals surface area contributed by atoms with Crippen LogP contribution in [-0.4, -0.2) is 37.9 Å². The van der Waals surface area contributed by atoms with Crippen molar-refractivity contribution in [1.29, 1.82) is 0 Å². The molecule has 0 unspecified atom stereocenters. The fraction of sp³-hybridized carbons (Fsp3) is 0.267. The van der Waals surface area contributed by atoms with Crippen LogP contribution < -0.4 is 9.62 Å². The number of aryl methyl sites for hydroxylation is 1. The number of Topliss-reactive ketones (excluding diaryl/α,β-unsaturated/α-hetero) is 1. The summed E-state index contributed by atoms with van der Waals surface area (Å²) in [6, 6.07) is 6.91. The number of sulfonamides is 1. The van der Waals surface area contributed by atoms with Crippen molar-refractivity contribution in [2.75, 3.05) is 22.4 Å². The van der Waals surface area contributed by atoms with Gasteiger partial charge in [0.1, 0.15) is 12.2 Å². The van der Waals surface area contributed by atoms with Crippen molar-refractivity contribution in [3.05, 3.63) is 40.9 Å². The second-order valence-electron chi connectivity index (χ2n) is 5.20. The van der Waals surface area contributed by atoms with Crippen LogP contribution in [-0.2, 0) is 14.8 Å². The lowest BCUT2D eigenvalue weighted by Crippen LogP contribution is -2.37. The molecule has 2 aromatic rings. The average Bonchev–Trinajstić information content (AvgIpc) is 2.93. The highest BCUT2D eigenvalue weighted by molar-refractivity contribution is 7.92. The first-order chi connectivity index (χ1) is 11.2. The summed E-state index contributed by atoms with van der Waals surface area (Å²) in [7, 11) is -3.63. The normalized spacial score (nSPS) is 11.1. The van der Waals surface area contributed by atoms with Crippen molar-refractivity contribution in [3.8, 4) is 0 Å². The van der Waals surface area contributed by atoms with Gasteiger partial charge in [-0.1, -0.05) is 18.2 Å². The minimum absolute atomic E-state index is 0.204. The number of carbonyl (C=O) groups excluding carboxylic acids is 2. The molecule has 7 nitrogen and oxygen atoms in total. The van der Waals surface area contributed by atoms with Gasteiger partial charge in [-0.3, -0.25) is 13.9 Å². The molecule has 0 radical (unpaired) electrons. The van der Waals surface area contributed by atoms with Gasteiger partial charge >= 0.3 is 0 Å². The van der Waals surface area contributed by atoms with Crippen molar-refractivity contribution in [2.45, 2.75) is 13.8 Å². The van der Waals surface area contributed by atoms with Crippen LogP contribution in [0.15, 0.2) is 29.6 Å².